The minimum atomic E-state index is -1.01. The molecule has 6 heteroatoms. The fraction of sp³-hybridized carbons (Fsp3) is 0.400. The van der Waals surface area contributed by atoms with Gasteiger partial charge in [0.1, 0.15) is 5.75 Å². The van der Waals surface area contributed by atoms with Crippen molar-refractivity contribution in [1.29, 1.82) is 0 Å². The lowest BCUT2D eigenvalue weighted by Gasteiger charge is -2.10. The Morgan fingerprint density at radius 3 is 2.75 bits per heavy atom. The Morgan fingerprint density at radius 1 is 1.50 bits per heavy atom. The van der Waals surface area contributed by atoms with Crippen molar-refractivity contribution in [2.24, 2.45) is 0 Å². The Balaban J connectivity index is 2.46. The standard InChI is InChI=1S/C10H13NO4S/c1-11(2)8(12)3-5-15-7-4-6-16-9(7)10(13)14/h4,6H,3,5H2,1-2H3,(H,13,14). The minimum absolute atomic E-state index is 0.0490. The first kappa shape index (κ1) is 12.5. The Bertz CT molecular complexity index is 386. The molecule has 0 bridgehead atoms. The summed E-state index contributed by atoms with van der Waals surface area (Å²) in [4.78, 5) is 23.6. The van der Waals surface area contributed by atoms with Gasteiger partial charge in [0.05, 0.1) is 13.0 Å². The first-order chi connectivity index (χ1) is 7.52. The molecule has 0 fully saturated rings. The van der Waals surface area contributed by atoms with Crippen molar-refractivity contribution in [3.8, 4) is 5.75 Å². The van der Waals surface area contributed by atoms with Crippen LogP contribution in [0.25, 0.3) is 0 Å². The molecular weight excluding hydrogens is 230 g/mol. The van der Waals surface area contributed by atoms with Gasteiger partial charge in [-0.15, -0.1) is 11.3 Å². The van der Waals surface area contributed by atoms with E-state index >= 15 is 0 Å². The SMILES string of the molecule is CN(C)C(=O)CCOc1ccsc1C(=O)O. The molecular formula is C10H13NO4S. The molecule has 0 spiro atoms. The summed E-state index contributed by atoms with van der Waals surface area (Å²) in [7, 11) is 3.32. The van der Waals surface area contributed by atoms with Crippen LogP contribution in [0.15, 0.2) is 11.4 Å². The summed E-state index contributed by atoms with van der Waals surface area (Å²) in [6.07, 6.45) is 0.238. The maximum Gasteiger partial charge on any atom is 0.349 e. The van der Waals surface area contributed by atoms with Gasteiger partial charge in [-0.1, -0.05) is 0 Å². The number of carboxylic acid groups (broad SMARTS) is 1. The third kappa shape index (κ3) is 3.23. The number of nitrogens with zero attached hydrogens (tertiary/aromatic N) is 1. The van der Waals surface area contributed by atoms with Gasteiger partial charge in [-0.3, -0.25) is 4.79 Å². The van der Waals surface area contributed by atoms with Crippen molar-refractivity contribution in [2.45, 2.75) is 6.42 Å². The monoisotopic (exact) mass is 243 g/mol. The molecule has 16 heavy (non-hydrogen) atoms. The lowest BCUT2D eigenvalue weighted by molar-refractivity contribution is -0.129. The lowest BCUT2D eigenvalue weighted by Crippen LogP contribution is -2.23. The van der Waals surface area contributed by atoms with Gasteiger partial charge in [0.25, 0.3) is 0 Å². The van der Waals surface area contributed by atoms with Crippen LogP contribution in [0.2, 0.25) is 0 Å². The average Bonchev–Trinajstić information content (AvgIpc) is 2.65. The summed E-state index contributed by atoms with van der Waals surface area (Å²) < 4.78 is 5.24. The topological polar surface area (TPSA) is 66.8 Å². The highest BCUT2D eigenvalue weighted by molar-refractivity contribution is 7.12. The van der Waals surface area contributed by atoms with E-state index in [2.05, 4.69) is 0 Å². The number of hydrogen-bond donors (Lipinski definition) is 1. The largest absolute Gasteiger partial charge is 0.491 e. The summed E-state index contributed by atoms with van der Waals surface area (Å²) in [6.45, 7) is 0.189. The van der Waals surface area contributed by atoms with E-state index in [0.717, 1.165) is 11.3 Å². The van der Waals surface area contributed by atoms with Crippen LogP contribution >= 0.6 is 11.3 Å². The van der Waals surface area contributed by atoms with Gasteiger partial charge in [-0.2, -0.15) is 0 Å². The summed E-state index contributed by atoms with van der Waals surface area (Å²) >= 11 is 1.10. The van der Waals surface area contributed by atoms with E-state index in [0.29, 0.717) is 5.75 Å². The molecule has 0 atom stereocenters. The van der Waals surface area contributed by atoms with E-state index in [1.807, 2.05) is 0 Å². The highest BCUT2D eigenvalue weighted by Crippen LogP contribution is 2.24. The van der Waals surface area contributed by atoms with Crippen LogP contribution in [0.1, 0.15) is 16.1 Å². The Kier molecular flexibility index (Phi) is 4.30. The molecule has 0 radical (unpaired) electrons. The van der Waals surface area contributed by atoms with Crippen LogP contribution in [-0.4, -0.2) is 42.6 Å². The van der Waals surface area contributed by atoms with Crippen LogP contribution in [0, 0.1) is 0 Å². The van der Waals surface area contributed by atoms with Gasteiger partial charge in [-0.25, -0.2) is 4.79 Å². The van der Waals surface area contributed by atoms with Crippen molar-refractivity contribution in [3.05, 3.63) is 16.3 Å². The molecule has 1 amide bonds. The number of ether oxygens (including phenoxy) is 1. The second kappa shape index (κ2) is 5.50. The van der Waals surface area contributed by atoms with Crippen molar-refractivity contribution < 1.29 is 19.4 Å². The smallest absolute Gasteiger partial charge is 0.349 e. The van der Waals surface area contributed by atoms with Crippen molar-refractivity contribution in [2.75, 3.05) is 20.7 Å². The molecule has 0 saturated heterocycles. The van der Waals surface area contributed by atoms with E-state index in [-0.39, 0.29) is 23.8 Å². The van der Waals surface area contributed by atoms with Crippen LogP contribution in [0.4, 0.5) is 0 Å². The number of hydrogen-bond acceptors (Lipinski definition) is 4. The maximum absolute atomic E-state index is 11.2. The summed E-state index contributed by atoms with van der Waals surface area (Å²) in [5, 5.41) is 10.5. The summed E-state index contributed by atoms with van der Waals surface area (Å²) in [6, 6.07) is 1.59. The summed E-state index contributed by atoms with van der Waals surface area (Å²) in [5.74, 6) is -0.736. The number of aromatic carboxylic acids is 1. The highest BCUT2D eigenvalue weighted by Gasteiger charge is 2.13. The molecule has 88 valence electrons. The second-order valence-corrected chi connectivity index (χ2v) is 4.22. The molecule has 5 nitrogen and oxygen atoms in total. The number of carbonyl (C=O) groups excluding carboxylic acids is 1. The molecule has 0 saturated carbocycles. The molecule has 0 aliphatic rings. The van der Waals surface area contributed by atoms with Crippen LogP contribution in [-0.2, 0) is 4.79 Å². The van der Waals surface area contributed by atoms with Gasteiger partial charge in [0.2, 0.25) is 5.91 Å². The van der Waals surface area contributed by atoms with Gasteiger partial charge in [0.15, 0.2) is 4.88 Å². The predicted molar refractivity (Wildman–Crippen MR) is 60.1 cm³/mol. The van der Waals surface area contributed by atoms with Crippen LogP contribution in [0.3, 0.4) is 0 Å². The molecule has 0 aliphatic carbocycles. The lowest BCUT2D eigenvalue weighted by atomic mass is 10.4. The number of carboxylic acids is 1. The number of rotatable bonds is 5. The Labute approximate surface area is 97.3 Å². The van der Waals surface area contributed by atoms with Crippen molar-refractivity contribution >= 4 is 23.2 Å². The third-order valence-electron chi connectivity index (χ3n) is 1.90. The molecule has 1 rings (SSSR count). The fourth-order valence-electron chi connectivity index (χ4n) is 1.04. The molecule has 1 heterocycles. The van der Waals surface area contributed by atoms with Gasteiger partial charge >= 0.3 is 5.97 Å². The fourth-order valence-corrected chi connectivity index (χ4v) is 1.71. The van der Waals surface area contributed by atoms with E-state index < -0.39 is 5.97 Å². The van der Waals surface area contributed by atoms with Gasteiger partial charge in [-0.05, 0) is 11.4 Å². The van der Waals surface area contributed by atoms with E-state index in [9.17, 15) is 9.59 Å². The predicted octanol–water partition coefficient (Wildman–Crippen LogP) is 1.30. The maximum atomic E-state index is 11.2. The quantitative estimate of drug-likeness (QED) is 0.846. The van der Waals surface area contributed by atoms with E-state index in [1.165, 1.54) is 4.90 Å². The summed E-state index contributed by atoms with van der Waals surface area (Å²) in [5.41, 5.74) is 0. The third-order valence-corrected chi connectivity index (χ3v) is 2.78. The molecule has 0 unspecified atom stereocenters. The van der Waals surface area contributed by atoms with Crippen molar-refractivity contribution in [3.63, 3.8) is 0 Å². The first-order valence-corrected chi connectivity index (χ1v) is 5.54. The number of thiophene rings is 1. The molecule has 0 aromatic carbocycles. The zero-order valence-electron chi connectivity index (χ0n) is 9.10. The molecule has 1 N–H and O–H groups in total. The molecule has 0 aliphatic heterocycles. The Morgan fingerprint density at radius 2 is 2.19 bits per heavy atom. The number of carbonyl (C=O) groups is 2. The molecule has 1 aromatic rings. The Hall–Kier alpha value is -1.56. The van der Waals surface area contributed by atoms with E-state index in [1.54, 1.807) is 25.5 Å². The van der Waals surface area contributed by atoms with Gasteiger partial charge < -0.3 is 14.7 Å². The van der Waals surface area contributed by atoms with Crippen LogP contribution in [0.5, 0.6) is 5.75 Å². The number of amides is 1. The van der Waals surface area contributed by atoms with Gasteiger partial charge in [0, 0.05) is 14.1 Å². The second-order valence-electron chi connectivity index (χ2n) is 3.31. The highest BCUT2D eigenvalue weighted by atomic mass is 32.1. The van der Waals surface area contributed by atoms with Crippen LogP contribution < -0.4 is 4.74 Å². The first-order valence-electron chi connectivity index (χ1n) is 4.66. The zero-order valence-corrected chi connectivity index (χ0v) is 9.91. The average molecular weight is 243 g/mol. The normalized spacial score (nSPS) is 9.88. The van der Waals surface area contributed by atoms with Crippen molar-refractivity contribution in [1.82, 2.24) is 4.90 Å². The minimum Gasteiger partial charge on any atom is -0.491 e. The zero-order chi connectivity index (χ0) is 12.1. The molecule has 1 aromatic heterocycles. The van der Waals surface area contributed by atoms with E-state index in [4.69, 9.17) is 9.84 Å².